The summed E-state index contributed by atoms with van der Waals surface area (Å²) in [4.78, 5) is 36.5. The van der Waals surface area contributed by atoms with Gasteiger partial charge in [0.2, 0.25) is 0 Å². The smallest absolute Gasteiger partial charge is 0.335 e. The number of amides is 2. The summed E-state index contributed by atoms with van der Waals surface area (Å²) in [6.45, 7) is 3.80. The fourth-order valence-electron chi connectivity index (χ4n) is 3.63. The number of benzene rings is 3. The molecule has 0 atom stereocenters. The Morgan fingerprint density at radius 3 is 2.18 bits per heavy atom. The molecule has 0 aromatic heterocycles. The molecule has 1 aliphatic heterocycles. The molecule has 3 aromatic rings. The molecule has 0 spiro atoms. The number of fused-ring (bicyclic) bond motifs is 1. The maximum Gasteiger partial charge on any atom is 0.335 e. The van der Waals surface area contributed by atoms with E-state index in [1.54, 1.807) is 30.3 Å². The average molecular weight is 441 g/mol. The second-order valence-corrected chi connectivity index (χ2v) is 7.97. The van der Waals surface area contributed by atoms with Crippen LogP contribution < -0.4 is 16.0 Å². The van der Waals surface area contributed by atoms with E-state index < -0.39 is 5.97 Å². The van der Waals surface area contributed by atoms with Crippen LogP contribution in [-0.2, 0) is 4.79 Å². The summed E-state index contributed by atoms with van der Waals surface area (Å²) in [5.41, 5.74) is 4.18. The van der Waals surface area contributed by atoms with E-state index in [9.17, 15) is 19.5 Å². The van der Waals surface area contributed by atoms with Crippen molar-refractivity contribution >= 4 is 40.4 Å². The van der Waals surface area contributed by atoms with E-state index in [1.807, 2.05) is 44.2 Å². The molecule has 1 heterocycles. The second kappa shape index (κ2) is 9.00. The molecule has 0 saturated heterocycles. The number of rotatable bonds is 6. The van der Waals surface area contributed by atoms with E-state index in [0.29, 0.717) is 33.8 Å². The van der Waals surface area contributed by atoms with Crippen LogP contribution in [0.3, 0.4) is 0 Å². The maximum absolute atomic E-state index is 13.0. The topological polar surface area (TPSA) is 108 Å². The van der Waals surface area contributed by atoms with E-state index in [1.165, 1.54) is 12.1 Å². The number of nitrogens with one attached hydrogen (secondary N) is 3. The van der Waals surface area contributed by atoms with Gasteiger partial charge in [0.1, 0.15) is 0 Å². The third-order valence-corrected chi connectivity index (χ3v) is 5.16. The van der Waals surface area contributed by atoms with Gasteiger partial charge in [-0.15, -0.1) is 0 Å². The molecule has 166 valence electrons. The summed E-state index contributed by atoms with van der Waals surface area (Å²) < 4.78 is 0. The van der Waals surface area contributed by atoms with Gasteiger partial charge in [0.05, 0.1) is 22.5 Å². The number of carbonyl (C=O) groups is 3. The van der Waals surface area contributed by atoms with Crippen molar-refractivity contribution in [1.82, 2.24) is 5.32 Å². The third kappa shape index (κ3) is 4.62. The van der Waals surface area contributed by atoms with Crippen LogP contribution in [0, 0.1) is 0 Å². The minimum Gasteiger partial charge on any atom is -0.478 e. The fraction of sp³-hybridized carbons (Fsp3) is 0.115. The summed E-state index contributed by atoms with van der Waals surface area (Å²) in [6.07, 6.45) is 0. The molecule has 0 saturated carbocycles. The molecular formula is C26H23N3O4. The predicted molar refractivity (Wildman–Crippen MR) is 128 cm³/mol. The largest absolute Gasteiger partial charge is 0.478 e. The minimum atomic E-state index is -1.06. The van der Waals surface area contributed by atoms with Crippen LogP contribution in [0.2, 0.25) is 0 Å². The highest BCUT2D eigenvalue weighted by molar-refractivity contribution is 6.37. The van der Waals surface area contributed by atoms with Gasteiger partial charge < -0.3 is 21.1 Å². The molecule has 0 bridgehead atoms. The molecule has 4 N–H and O–H groups in total. The van der Waals surface area contributed by atoms with Crippen LogP contribution in [-0.4, -0.2) is 28.9 Å². The first-order valence-corrected chi connectivity index (χ1v) is 10.5. The normalized spacial score (nSPS) is 13.8. The van der Waals surface area contributed by atoms with Crippen molar-refractivity contribution in [2.45, 2.75) is 19.9 Å². The summed E-state index contributed by atoms with van der Waals surface area (Å²) in [6, 6.07) is 21.0. The van der Waals surface area contributed by atoms with Crippen molar-refractivity contribution in [1.29, 1.82) is 0 Å². The Balaban J connectivity index is 1.75. The fourth-order valence-corrected chi connectivity index (χ4v) is 3.63. The van der Waals surface area contributed by atoms with Crippen LogP contribution in [0.1, 0.15) is 45.7 Å². The van der Waals surface area contributed by atoms with Gasteiger partial charge in [-0.25, -0.2) is 4.79 Å². The van der Waals surface area contributed by atoms with E-state index >= 15 is 0 Å². The van der Waals surface area contributed by atoms with Crippen LogP contribution in [0.5, 0.6) is 0 Å². The quantitative estimate of drug-likeness (QED) is 0.423. The highest BCUT2D eigenvalue weighted by Crippen LogP contribution is 2.38. The van der Waals surface area contributed by atoms with E-state index in [2.05, 4.69) is 16.0 Å². The Kier molecular flexibility index (Phi) is 5.95. The molecule has 0 fully saturated rings. The number of aromatic carboxylic acids is 1. The van der Waals surface area contributed by atoms with Crippen molar-refractivity contribution in [3.05, 3.63) is 95.1 Å². The number of carboxylic acids is 1. The number of anilines is 2. The van der Waals surface area contributed by atoms with Crippen molar-refractivity contribution in [2.75, 3.05) is 10.6 Å². The molecule has 1 aliphatic rings. The van der Waals surface area contributed by atoms with Crippen LogP contribution in [0.4, 0.5) is 11.4 Å². The summed E-state index contributed by atoms with van der Waals surface area (Å²) in [7, 11) is 0. The van der Waals surface area contributed by atoms with Crippen molar-refractivity contribution in [2.24, 2.45) is 0 Å². The second-order valence-electron chi connectivity index (χ2n) is 7.97. The van der Waals surface area contributed by atoms with Crippen molar-refractivity contribution in [3.63, 3.8) is 0 Å². The van der Waals surface area contributed by atoms with Gasteiger partial charge in [-0.3, -0.25) is 9.59 Å². The molecule has 33 heavy (non-hydrogen) atoms. The lowest BCUT2D eigenvalue weighted by Gasteiger charge is -2.15. The minimum absolute atomic E-state index is 0.0345. The predicted octanol–water partition coefficient (Wildman–Crippen LogP) is 4.46. The highest BCUT2D eigenvalue weighted by Gasteiger charge is 2.29. The molecule has 7 heteroatoms. The van der Waals surface area contributed by atoms with Crippen molar-refractivity contribution in [3.8, 4) is 0 Å². The SMILES string of the molecule is CC(C)NC(=O)c1ccc(N/C(=C2\C(=O)Nc3cc(C(=O)O)ccc32)c2ccccc2)cc1. The third-order valence-electron chi connectivity index (χ3n) is 5.16. The van der Waals surface area contributed by atoms with Gasteiger partial charge in [-0.1, -0.05) is 36.4 Å². The zero-order valence-electron chi connectivity index (χ0n) is 18.2. The van der Waals surface area contributed by atoms with Crippen molar-refractivity contribution < 1.29 is 19.5 Å². The van der Waals surface area contributed by atoms with E-state index in [4.69, 9.17) is 0 Å². The van der Waals surface area contributed by atoms with Crippen LogP contribution in [0.15, 0.2) is 72.8 Å². The zero-order valence-corrected chi connectivity index (χ0v) is 18.2. The molecule has 0 unspecified atom stereocenters. The number of hydrogen-bond donors (Lipinski definition) is 4. The maximum atomic E-state index is 13.0. The van der Waals surface area contributed by atoms with Gasteiger partial charge in [-0.05, 0) is 55.8 Å². The summed E-state index contributed by atoms with van der Waals surface area (Å²) in [5, 5.41) is 18.2. The lowest BCUT2D eigenvalue weighted by atomic mass is 9.99. The highest BCUT2D eigenvalue weighted by atomic mass is 16.4. The number of carboxylic acid groups (broad SMARTS) is 1. The zero-order chi connectivity index (χ0) is 23.5. The molecule has 3 aromatic carbocycles. The Hall–Kier alpha value is -4.39. The standard InChI is InChI=1S/C26H23N3O4/c1-15(2)27-24(30)17-8-11-19(12-9-17)28-23(16-6-4-3-5-7-16)22-20-13-10-18(26(32)33)14-21(20)29-25(22)31/h3-15,28H,1-2H3,(H,27,30)(H,29,31)(H,32,33)/b23-22-. The van der Waals surface area contributed by atoms with Gasteiger partial charge in [0.25, 0.3) is 11.8 Å². The Morgan fingerprint density at radius 2 is 1.55 bits per heavy atom. The lowest BCUT2D eigenvalue weighted by molar-refractivity contribution is -0.110. The van der Waals surface area contributed by atoms with Crippen LogP contribution >= 0.6 is 0 Å². The molecular weight excluding hydrogens is 418 g/mol. The van der Waals surface area contributed by atoms with Gasteiger partial charge in [0.15, 0.2) is 0 Å². The Labute approximate surface area is 191 Å². The molecule has 0 radical (unpaired) electrons. The van der Waals surface area contributed by atoms with E-state index in [-0.39, 0.29) is 23.4 Å². The molecule has 0 aliphatic carbocycles. The van der Waals surface area contributed by atoms with Gasteiger partial charge in [0, 0.05) is 22.9 Å². The Morgan fingerprint density at radius 1 is 0.879 bits per heavy atom. The lowest BCUT2D eigenvalue weighted by Crippen LogP contribution is -2.29. The van der Waals surface area contributed by atoms with Gasteiger partial charge in [-0.2, -0.15) is 0 Å². The molecule has 7 nitrogen and oxygen atoms in total. The van der Waals surface area contributed by atoms with Gasteiger partial charge >= 0.3 is 5.97 Å². The Bertz CT molecular complexity index is 1260. The monoisotopic (exact) mass is 441 g/mol. The first-order chi connectivity index (χ1) is 15.8. The van der Waals surface area contributed by atoms with Crippen LogP contribution in [0.25, 0.3) is 11.3 Å². The summed E-state index contributed by atoms with van der Waals surface area (Å²) >= 11 is 0. The first kappa shape index (κ1) is 21.8. The summed E-state index contributed by atoms with van der Waals surface area (Å²) in [5.74, 6) is -1.55. The molecule has 4 rings (SSSR count). The van der Waals surface area contributed by atoms with E-state index in [0.717, 1.165) is 5.56 Å². The average Bonchev–Trinajstić information content (AvgIpc) is 3.12. The molecule has 2 amide bonds. The number of hydrogen-bond acceptors (Lipinski definition) is 4. The first-order valence-electron chi connectivity index (χ1n) is 10.5. The number of carbonyl (C=O) groups excluding carboxylic acids is 2.